The monoisotopic (exact) mass is 343 g/mol. The van der Waals surface area contributed by atoms with Crippen LogP contribution in [0.1, 0.15) is 12.1 Å². The van der Waals surface area contributed by atoms with Gasteiger partial charge in [0.25, 0.3) is 0 Å². The first-order valence-corrected chi connectivity index (χ1v) is 8.40. The average molecular weight is 343 g/mol. The second kappa shape index (κ2) is 7.60. The Morgan fingerprint density at radius 2 is 2.12 bits per heavy atom. The van der Waals surface area contributed by atoms with Crippen molar-refractivity contribution in [2.45, 2.75) is 25.5 Å². The normalized spacial score (nSPS) is 19.9. The summed E-state index contributed by atoms with van der Waals surface area (Å²) in [5, 5.41) is 11.6. The van der Waals surface area contributed by atoms with Crippen LogP contribution in [0.2, 0.25) is 0 Å². The van der Waals surface area contributed by atoms with Crippen molar-refractivity contribution < 1.29 is 4.74 Å². The molecule has 2 aromatic rings. The van der Waals surface area contributed by atoms with E-state index in [-0.39, 0.29) is 12.1 Å². The van der Waals surface area contributed by atoms with Crippen LogP contribution in [0.4, 0.5) is 17.5 Å². The molecule has 0 bridgehead atoms. The third kappa shape index (κ3) is 4.14. The molecule has 1 fully saturated rings. The van der Waals surface area contributed by atoms with E-state index in [1.165, 1.54) is 0 Å². The van der Waals surface area contributed by atoms with Crippen LogP contribution in [0.15, 0.2) is 24.5 Å². The molecule has 3 heterocycles. The van der Waals surface area contributed by atoms with Crippen molar-refractivity contribution in [3.63, 3.8) is 0 Å². The van der Waals surface area contributed by atoms with Crippen molar-refractivity contribution in [3.05, 3.63) is 30.2 Å². The highest BCUT2D eigenvalue weighted by Gasteiger charge is 2.33. The zero-order valence-electron chi connectivity index (χ0n) is 15.2. The van der Waals surface area contributed by atoms with Gasteiger partial charge in [0.2, 0.25) is 0 Å². The van der Waals surface area contributed by atoms with Crippen LogP contribution in [-0.2, 0) is 4.74 Å². The number of ether oxygens (including phenoxy) is 1. The topological polar surface area (TPSA) is 79.3 Å². The van der Waals surface area contributed by atoms with E-state index in [1.807, 2.05) is 44.1 Å². The lowest BCUT2D eigenvalue weighted by Gasteiger charge is -2.26. The zero-order valence-corrected chi connectivity index (χ0v) is 15.2. The van der Waals surface area contributed by atoms with Gasteiger partial charge in [-0.25, -0.2) is 9.97 Å². The van der Waals surface area contributed by atoms with E-state index in [1.54, 1.807) is 13.4 Å². The molecule has 134 valence electrons. The van der Waals surface area contributed by atoms with Gasteiger partial charge in [-0.05, 0) is 25.5 Å². The minimum absolute atomic E-state index is 0.189. The molecular formula is C17H25N7O. The standard InChI is InChI=1S/C17H25N7O/c1-12-5-6-15(22-21-12)18-9-13-7-14(25-4)10-24(13)17-8-16(23(2)3)19-11-20-17/h5-6,8,11,13-14H,7,9-10H2,1-4H3,(H,18,22)/t13-,14-/m1/s1. The SMILES string of the molecule is CO[C@@H]1C[C@H](CNc2ccc(C)nn2)N(c2cc(N(C)C)ncn2)C1. The molecule has 0 aliphatic carbocycles. The summed E-state index contributed by atoms with van der Waals surface area (Å²) in [5.74, 6) is 2.59. The number of rotatable bonds is 6. The number of aromatic nitrogens is 4. The van der Waals surface area contributed by atoms with Gasteiger partial charge < -0.3 is 19.9 Å². The first-order valence-electron chi connectivity index (χ1n) is 8.40. The molecule has 1 aliphatic heterocycles. The summed E-state index contributed by atoms with van der Waals surface area (Å²) < 4.78 is 5.59. The van der Waals surface area contributed by atoms with Crippen LogP contribution in [0.25, 0.3) is 0 Å². The highest BCUT2D eigenvalue weighted by molar-refractivity contribution is 5.51. The number of aryl methyl sites for hydroxylation is 1. The third-order valence-corrected chi connectivity index (χ3v) is 4.42. The van der Waals surface area contributed by atoms with E-state index in [2.05, 4.69) is 30.4 Å². The van der Waals surface area contributed by atoms with Gasteiger partial charge in [0.15, 0.2) is 0 Å². The molecule has 2 aromatic heterocycles. The van der Waals surface area contributed by atoms with Crippen LogP contribution < -0.4 is 15.1 Å². The second-order valence-electron chi connectivity index (χ2n) is 6.47. The third-order valence-electron chi connectivity index (χ3n) is 4.42. The molecule has 3 rings (SSSR count). The van der Waals surface area contributed by atoms with E-state index in [0.717, 1.165) is 42.7 Å². The van der Waals surface area contributed by atoms with Gasteiger partial charge >= 0.3 is 0 Å². The number of nitrogens with one attached hydrogen (secondary N) is 1. The summed E-state index contributed by atoms with van der Waals surface area (Å²) in [6.45, 7) is 3.49. The van der Waals surface area contributed by atoms with Crippen LogP contribution in [0, 0.1) is 6.92 Å². The fraction of sp³-hybridized carbons (Fsp3) is 0.529. The molecule has 1 aliphatic rings. The Hall–Kier alpha value is -2.48. The average Bonchev–Trinajstić information content (AvgIpc) is 3.05. The highest BCUT2D eigenvalue weighted by Crippen LogP contribution is 2.27. The first-order chi connectivity index (χ1) is 12.1. The summed E-state index contributed by atoms with van der Waals surface area (Å²) >= 11 is 0. The Bertz CT molecular complexity index is 692. The molecule has 1 N–H and O–H groups in total. The number of nitrogens with zero attached hydrogens (tertiary/aromatic N) is 6. The molecule has 8 nitrogen and oxygen atoms in total. The van der Waals surface area contributed by atoms with Gasteiger partial charge in [-0.2, -0.15) is 5.10 Å². The van der Waals surface area contributed by atoms with Crippen molar-refractivity contribution in [1.29, 1.82) is 0 Å². The van der Waals surface area contributed by atoms with Crippen LogP contribution in [-0.4, -0.2) is 66.6 Å². The van der Waals surface area contributed by atoms with Crippen molar-refractivity contribution >= 4 is 17.5 Å². The Morgan fingerprint density at radius 1 is 1.28 bits per heavy atom. The molecule has 8 heteroatoms. The Balaban J connectivity index is 1.74. The van der Waals surface area contributed by atoms with E-state index in [9.17, 15) is 0 Å². The summed E-state index contributed by atoms with van der Waals surface area (Å²) in [5.41, 5.74) is 0.907. The van der Waals surface area contributed by atoms with Crippen molar-refractivity contribution in [2.24, 2.45) is 0 Å². The lowest BCUT2D eigenvalue weighted by Crippen LogP contribution is -2.36. The maximum absolute atomic E-state index is 5.59. The number of methoxy groups -OCH3 is 1. The van der Waals surface area contributed by atoms with Gasteiger partial charge in [0.1, 0.15) is 23.8 Å². The second-order valence-corrected chi connectivity index (χ2v) is 6.47. The number of anilines is 3. The summed E-state index contributed by atoms with van der Waals surface area (Å²) in [7, 11) is 5.71. The predicted molar refractivity (Wildman–Crippen MR) is 98.2 cm³/mol. The summed E-state index contributed by atoms with van der Waals surface area (Å²) in [6.07, 6.45) is 2.74. The fourth-order valence-corrected chi connectivity index (χ4v) is 2.97. The minimum Gasteiger partial charge on any atom is -0.380 e. The molecule has 0 amide bonds. The smallest absolute Gasteiger partial charge is 0.148 e. The van der Waals surface area contributed by atoms with Gasteiger partial charge in [-0.15, -0.1) is 5.10 Å². The molecule has 0 saturated carbocycles. The number of hydrogen-bond donors (Lipinski definition) is 1. The predicted octanol–water partition coefficient (Wildman–Crippen LogP) is 1.35. The minimum atomic E-state index is 0.189. The molecule has 0 spiro atoms. The van der Waals surface area contributed by atoms with Crippen molar-refractivity contribution in [2.75, 3.05) is 49.4 Å². The largest absolute Gasteiger partial charge is 0.380 e. The maximum Gasteiger partial charge on any atom is 0.148 e. The lowest BCUT2D eigenvalue weighted by atomic mass is 10.2. The Morgan fingerprint density at radius 3 is 2.80 bits per heavy atom. The van der Waals surface area contributed by atoms with Gasteiger partial charge in [0, 0.05) is 40.4 Å². The highest BCUT2D eigenvalue weighted by atomic mass is 16.5. The van der Waals surface area contributed by atoms with E-state index >= 15 is 0 Å². The fourth-order valence-electron chi connectivity index (χ4n) is 2.97. The Kier molecular flexibility index (Phi) is 5.28. The molecular weight excluding hydrogens is 318 g/mol. The molecule has 25 heavy (non-hydrogen) atoms. The molecule has 0 aromatic carbocycles. The van der Waals surface area contributed by atoms with Crippen LogP contribution >= 0.6 is 0 Å². The van der Waals surface area contributed by atoms with Crippen LogP contribution in [0.3, 0.4) is 0 Å². The van der Waals surface area contributed by atoms with Crippen molar-refractivity contribution in [3.8, 4) is 0 Å². The number of hydrogen-bond acceptors (Lipinski definition) is 8. The van der Waals surface area contributed by atoms with Crippen molar-refractivity contribution in [1.82, 2.24) is 20.2 Å². The molecule has 0 unspecified atom stereocenters. The molecule has 1 saturated heterocycles. The van der Waals surface area contributed by atoms with Gasteiger partial charge in [-0.3, -0.25) is 0 Å². The first kappa shape index (κ1) is 17.3. The van der Waals surface area contributed by atoms with Gasteiger partial charge in [0.05, 0.1) is 17.8 Å². The Labute approximate surface area is 148 Å². The quantitative estimate of drug-likeness (QED) is 0.842. The van der Waals surface area contributed by atoms with Crippen LogP contribution in [0.5, 0.6) is 0 Å². The van der Waals surface area contributed by atoms with Gasteiger partial charge in [-0.1, -0.05) is 0 Å². The van der Waals surface area contributed by atoms with E-state index in [0.29, 0.717) is 0 Å². The zero-order chi connectivity index (χ0) is 17.8. The van der Waals surface area contributed by atoms with E-state index in [4.69, 9.17) is 4.74 Å². The van der Waals surface area contributed by atoms with E-state index < -0.39 is 0 Å². The molecule has 0 radical (unpaired) electrons. The summed E-state index contributed by atoms with van der Waals surface area (Å²) in [4.78, 5) is 13.0. The lowest BCUT2D eigenvalue weighted by molar-refractivity contribution is 0.118. The molecule has 2 atom stereocenters. The maximum atomic E-state index is 5.59. The summed E-state index contributed by atoms with van der Waals surface area (Å²) in [6, 6.07) is 6.17.